The van der Waals surface area contributed by atoms with E-state index in [1.54, 1.807) is 5.57 Å². The van der Waals surface area contributed by atoms with E-state index in [0.29, 0.717) is 16.9 Å². The van der Waals surface area contributed by atoms with Crippen molar-refractivity contribution in [3.8, 4) is 0 Å². The van der Waals surface area contributed by atoms with Crippen LogP contribution in [0.1, 0.15) is 135 Å². The van der Waals surface area contributed by atoms with E-state index < -0.39 is 0 Å². The van der Waals surface area contributed by atoms with Crippen LogP contribution in [-0.4, -0.2) is 34.9 Å². The van der Waals surface area contributed by atoms with E-state index in [1.165, 1.54) is 36.9 Å². The van der Waals surface area contributed by atoms with Crippen LogP contribution in [0.5, 0.6) is 0 Å². The topological polar surface area (TPSA) is 32.3 Å². The Morgan fingerprint density at radius 1 is 0.721 bits per heavy atom. The van der Waals surface area contributed by atoms with Gasteiger partial charge in [0.1, 0.15) is 24.8 Å². The third-order valence-corrected chi connectivity index (χ3v) is 8.00. The molecule has 1 aromatic carbocycles. The van der Waals surface area contributed by atoms with Crippen LogP contribution in [-0.2, 0) is 5.41 Å². The van der Waals surface area contributed by atoms with Gasteiger partial charge in [-0.3, -0.25) is 4.58 Å². The maximum Gasteiger partial charge on any atom is 0.239 e. The summed E-state index contributed by atoms with van der Waals surface area (Å²) >= 11 is 0. The molecule has 248 valence electrons. The Balaban J connectivity index is 0. The minimum Gasteiger partial charge on any atom is -1.00 e. The van der Waals surface area contributed by atoms with Crippen molar-refractivity contribution in [2.75, 3.05) is 18.8 Å². The summed E-state index contributed by atoms with van der Waals surface area (Å²) in [6, 6.07) is 8.64. The van der Waals surface area contributed by atoms with Crippen molar-refractivity contribution in [1.29, 1.82) is 0 Å². The number of hydrogen-bond acceptors (Lipinski definition) is 2. The van der Waals surface area contributed by atoms with Crippen molar-refractivity contribution in [2.24, 2.45) is 16.7 Å². The highest BCUT2D eigenvalue weighted by atomic mass is 35.5. The van der Waals surface area contributed by atoms with Crippen LogP contribution in [0.25, 0.3) is 0 Å². The molecule has 0 amide bonds. The second kappa shape index (κ2) is 20.1. The Morgan fingerprint density at radius 2 is 1.28 bits per heavy atom. The average molecular weight is 616 g/mol. The van der Waals surface area contributed by atoms with Gasteiger partial charge in [-0.1, -0.05) is 134 Å². The number of allylic oxidation sites excluding steroid dienone is 5. The number of anilines is 1. The fourth-order valence-corrected chi connectivity index (χ4v) is 5.26. The lowest BCUT2D eigenvalue weighted by molar-refractivity contribution is -0.543. The summed E-state index contributed by atoms with van der Waals surface area (Å²) in [5, 5.41) is 0. The predicted molar refractivity (Wildman–Crippen MR) is 191 cm³/mol. The fourth-order valence-electron chi connectivity index (χ4n) is 5.26. The number of benzene rings is 1. The monoisotopic (exact) mass is 616 g/mol. The summed E-state index contributed by atoms with van der Waals surface area (Å²) in [7, 11) is 0. The van der Waals surface area contributed by atoms with Crippen molar-refractivity contribution < 1.29 is 17.0 Å². The Hall–Kier alpha value is -2.00. The first-order chi connectivity index (χ1) is 19.6. The zero-order chi connectivity index (χ0) is 32.7. The van der Waals surface area contributed by atoms with Gasteiger partial charge in [-0.2, -0.15) is 0 Å². The third kappa shape index (κ3) is 14.6. The fraction of sp³-hybridized carbons (Fsp3) is 0.667. The molecule has 0 fully saturated rings. The predicted octanol–water partition coefficient (Wildman–Crippen LogP) is 8.02. The Morgan fingerprint density at radius 3 is 1.67 bits per heavy atom. The van der Waals surface area contributed by atoms with E-state index >= 15 is 0 Å². The Kier molecular flexibility index (Phi) is 20.2. The zero-order valence-electron chi connectivity index (χ0n) is 30.9. The highest BCUT2D eigenvalue weighted by molar-refractivity contribution is 5.55. The van der Waals surface area contributed by atoms with Crippen molar-refractivity contribution in [3.05, 3.63) is 65.4 Å². The summed E-state index contributed by atoms with van der Waals surface area (Å²) in [6.07, 6.45) is 17.0. The zero-order valence-corrected chi connectivity index (χ0v) is 31.7. The van der Waals surface area contributed by atoms with E-state index in [-0.39, 0.29) is 17.8 Å². The molecule has 4 rings (SSSR count). The standard InChI is InChI=1S/C23H37N2.C10H15N.3C2H6.ClH/c1-22(2,3)18-7-11-20(12-8-18)24-15-16-25(17-24)21-13-9-19(10-14-21)23(4,5)6;1-10(2,3)8-4-6-9(11)7-5-8;3*1-2;/h7,9,11,13,17-18,20H,8,10,12,14-16H2,1-6H3;4-7H,11H2,1-3H3;3*1-2H3;1H/q+1;;;;;/p-1/t18-,20+;;;;;/m1...../s1. The second-order valence-corrected chi connectivity index (χ2v) is 14.0. The molecule has 1 aliphatic heterocycles. The molecule has 4 heteroatoms. The lowest BCUT2D eigenvalue weighted by atomic mass is 9.75. The van der Waals surface area contributed by atoms with Gasteiger partial charge in [0, 0.05) is 12.1 Å². The summed E-state index contributed by atoms with van der Waals surface area (Å²) in [5.74, 6) is 0.726. The molecule has 0 aromatic heterocycles. The van der Waals surface area contributed by atoms with Gasteiger partial charge in [0.2, 0.25) is 6.34 Å². The van der Waals surface area contributed by atoms with Gasteiger partial charge < -0.3 is 18.1 Å². The van der Waals surface area contributed by atoms with Crippen LogP contribution in [0.3, 0.4) is 0 Å². The van der Waals surface area contributed by atoms with E-state index in [9.17, 15) is 0 Å². The van der Waals surface area contributed by atoms with Crippen LogP contribution in [0.2, 0.25) is 0 Å². The number of nitrogens with zero attached hydrogens (tertiary/aromatic N) is 2. The van der Waals surface area contributed by atoms with Crippen molar-refractivity contribution in [3.63, 3.8) is 0 Å². The number of hydrogen-bond donors (Lipinski definition) is 1. The molecule has 2 atom stereocenters. The second-order valence-electron chi connectivity index (χ2n) is 14.0. The highest BCUT2D eigenvalue weighted by Crippen LogP contribution is 2.36. The van der Waals surface area contributed by atoms with Gasteiger partial charge in [0.25, 0.3) is 0 Å². The lowest BCUT2D eigenvalue weighted by Crippen LogP contribution is -3.00. The van der Waals surface area contributed by atoms with Crippen LogP contribution in [0.15, 0.2) is 59.8 Å². The van der Waals surface area contributed by atoms with Crippen LogP contribution in [0, 0.1) is 16.7 Å². The van der Waals surface area contributed by atoms with E-state index in [4.69, 9.17) is 5.73 Å². The first kappa shape index (κ1) is 43.1. The number of nitrogen functional groups attached to an aromatic ring is 1. The molecule has 0 radical (unpaired) electrons. The molecule has 0 unspecified atom stereocenters. The van der Waals surface area contributed by atoms with Crippen LogP contribution >= 0.6 is 0 Å². The van der Waals surface area contributed by atoms with Crippen LogP contribution < -0.4 is 18.1 Å². The Bertz CT molecular complexity index is 1010. The molecular weight excluding hydrogens is 546 g/mol. The molecule has 0 bridgehead atoms. The first-order valence-electron chi connectivity index (χ1n) is 17.0. The first-order valence-corrected chi connectivity index (χ1v) is 17.0. The smallest absolute Gasteiger partial charge is 0.239 e. The molecule has 43 heavy (non-hydrogen) atoms. The maximum atomic E-state index is 5.57. The molecule has 2 N–H and O–H groups in total. The average Bonchev–Trinajstić information content (AvgIpc) is 3.46. The van der Waals surface area contributed by atoms with Gasteiger partial charge in [0.05, 0.1) is 0 Å². The molecule has 1 heterocycles. The van der Waals surface area contributed by atoms with E-state index in [2.05, 4.69) is 115 Å². The van der Waals surface area contributed by atoms with Crippen LogP contribution in [0.4, 0.5) is 5.69 Å². The molecule has 0 saturated heterocycles. The minimum atomic E-state index is 0. The highest BCUT2D eigenvalue weighted by Gasteiger charge is 2.32. The molecular formula is C39H70ClN3. The van der Waals surface area contributed by atoms with E-state index in [0.717, 1.165) is 24.7 Å². The number of rotatable bonds is 2. The van der Waals surface area contributed by atoms with Gasteiger partial charge in [-0.25, -0.2) is 4.90 Å². The SMILES string of the molecule is CC.CC.CC.CC(C)(C)C1=CC=C(N2C=[N+]([C@H]3C=C[C@@H](C(C)(C)C)CC3)CC2)CC1.CC(C)(C)c1ccc(N)cc1.[Cl-]. The molecule has 1 aromatic rings. The van der Waals surface area contributed by atoms with Crippen molar-refractivity contribution in [1.82, 2.24) is 4.90 Å². The van der Waals surface area contributed by atoms with E-state index in [1.807, 2.05) is 53.7 Å². The summed E-state index contributed by atoms with van der Waals surface area (Å²) in [4.78, 5) is 2.49. The maximum absolute atomic E-state index is 5.57. The van der Waals surface area contributed by atoms with Crippen molar-refractivity contribution >= 4 is 12.0 Å². The normalized spacial score (nSPS) is 19.6. The number of nitrogens with two attached hydrogens (primary N) is 1. The molecule has 3 nitrogen and oxygen atoms in total. The summed E-state index contributed by atoms with van der Waals surface area (Å²) < 4.78 is 2.55. The molecule has 2 aliphatic carbocycles. The third-order valence-electron chi connectivity index (χ3n) is 8.00. The summed E-state index contributed by atoms with van der Waals surface area (Å²) in [5.41, 5.74) is 11.7. The number of halogens is 1. The summed E-state index contributed by atoms with van der Waals surface area (Å²) in [6.45, 7) is 34.9. The molecule has 3 aliphatic rings. The largest absolute Gasteiger partial charge is 1.00 e. The van der Waals surface area contributed by atoms with Crippen molar-refractivity contribution in [2.45, 2.75) is 141 Å². The lowest BCUT2D eigenvalue weighted by Gasteiger charge is -2.32. The minimum absolute atomic E-state index is 0. The van der Waals surface area contributed by atoms with Gasteiger partial charge >= 0.3 is 0 Å². The molecule has 0 saturated carbocycles. The van der Waals surface area contributed by atoms with Gasteiger partial charge in [-0.15, -0.1) is 0 Å². The van der Waals surface area contributed by atoms with Gasteiger partial charge in [-0.05, 0) is 71.3 Å². The Labute approximate surface area is 275 Å². The quantitative estimate of drug-likeness (QED) is 0.207. The van der Waals surface area contributed by atoms with Gasteiger partial charge in [0.15, 0.2) is 0 Å². The molecule has 0 spiro atoms.